The second-order valence-electron chi connectivity index (χ2n) is 4.94. The third-order valence-corrected chi connectivity index (χ3v) is 3.73. The zero-order valence-electron chi connectivity index (χ0n) is 10.6. The highest BCUT2D eigenvalue weighted by Gasteiger charge is 2.31. The number of carbonyl (C=O) groups excluding carboxylic acids is 1. The highest BCUT2D eigenvalue weighted by molar-refractivity contribution is 5.79. The molecule has 4 nitrogen and oxygen atoms in total. The van der Waals surface area contributed by atoms with Gasteiger partial charge >= 0.3 is 0 Å². The Bertz CT molecular complexity index is 380. The average molecular weight is 247 g/mol. The first-order valence-electron chi connectivity index (χ1n) is 6.68. The van der Waals surface area contributed by atoms with Gasteiger partial charge in [-0.05, 0) is 43.4 Å². The molecule has 1 fully saturated rings. The Balaban J connectivity index is 1.75. The summed E-state index contributed by atoms with van der Waals surface area (Å²) in [4.78, 5) is 16.1. The molecule has 18 heavy (non-hydrogen) atoms. The van der Waals surface area contributed by atoms with Crippen molar-refractivity contribution < 1.29 is 4.79 Å². The Kier molecular flexibility index (Phi) is 4.70. The Labute approximate surface area is 108 Å². The van der Waals surface area contributed by atoms with Crippen molar-refractivity contribution in [1.29, 1.82) is 0 Å². The molecule has 0 radical (unpaired) electrons. The summed E-state index contributed by atoms with van der Waals surface area (Å²) in [5.41, 5.74) is 6.85. The highest BCUT2D eigenvalue weighted by Crippen LogP contribution is 2.30. The highest BCUT2D eigenvalue weighted by atomic mass is 16.1. The van der Waals surface area contributed by atoms with Crippen molar-refractivity contribution in [3.63, 3.8) is 0 Å². The molecule has 2 rings (SSSR count). The normalized spacial score (nSPS) is 22.9. The lowest BCUT2D eigenvalue weighted by Gasteiger charge is -2.17. The Morgan fingerprint density at radius 2 is 2.39 bits per heavy atom. The lowest BCUT2D eigenvalue weighted by molar-refractivity contribution is -0.125. The van der Waals surface area contributed by atoms with E-state index >= 15 is 0 Å². The number of pyridine rings is 1. The van der Waals surface area contributed by atoms with Crippen molar-refractivity contribution in [2.24, 2.45) is 17.6 Å². The van der Waals surface area contributed by atoms with Crippen molar-refractivity contribution >= 4 is 5.91 Å². The van der Waals surface area contributed by atoms with Gasteiger partial charge in [-0.1, -0.05) is 12.5 Å². The maximum atomic E-state index is 12.0. The van der Waals surface area contributed by atoms with E-state index in [4.69, 9.17) is 5.73 Å². The van der Waals surface area contributed by atoms with Crippen LogP contribution < -0.4 is 11.1 Å². The van der Waals surface area contributed by atoms with Gasteiger partial charge in [0.25, 0.3) is 0 Å². The monoisotopic (exact) mass is 247 g/mol. The van der Waals surface area contributed by atoms with Crippen LogP contribution in [0.15, 0.2) is 24.5 Å². The molecule has 1 aromatic heterocycles. The number of nitrogens with one attached hydrogen (secondary N) is 1. The Hall–Kier alpha value is -1.42. The second kappa shape index (κ2) is 6.50. The van der Waals surface area contributed by atoms with Crippen LogP contribution in [0.4, 0.5) is 0 Å². The van der Waals surface area contributed by atoms with E-state index in [2.05, 4.69) is 10.3 Å². The second-order valence-corrected chi connectivity index (χ2v) is 4.94. The van der Waals surface area contributed by atoms with Crippen molar-refractivity contribution in [2.45, 2.75) is 25.7 Å². The zero-order valence-corrected chi connectivity index (χ0v) is 10.6. The van der Waals surface area contributed by atoms with Crippen LogP contribution in [0, 0.1) is 11.8 Å². The molecular formula is C14H21N3O. The number of hydrogen-bond acceptors (Lipinski definition) is 3. The largest absolute Gasteiger partial charge is 0.356 e. The molecule has 0 aromatic carbocycles. The van der Waals surface area contributed by atoms with E-state index in [-0.39, 0.29) is 11.8 Å². The quantitative estimate of drug-likeness (QED) is 0.819. The Morgan fingerprint density at radius 1 is 1.50 bits per heavy atom. The van der Waals surface area contributed by atoms with Gasteiger partial charge in [0.15, 0.2) is 0 Å². The van der Waals surface area contributed by atoms with Crippen LogP contribution in [0.2, 0.25) is 0 Å². The Morgan fingerprint density at radius 3 is 3.11 bits per heavy atom. The molecule has 1 heterocycles. The predicted octanol–water partition coefficient (Wildman–Crippen LogP) is 1.12. The van der Waals surface area contributed by atoms with Crippen molar-refractivity contribution in [2.75, 3.05) is 13.1 Å². The predicted molar refractivity (Wildman–Crippen MR) is 70.8 cm³/mol. The van der Waals surface area contributed by atoms with Gasteiger partial charge in [0.2, 0.25) is 5.91 Å². The topological polar surface area (TPSA) is 68.0 Å². The lowest BCUT2D eigenvalue weighted by Crippen LogP contribution is -2.36. The molecule has 0 bridgehead atoms. The molecule has 1 aliphatic carbocycles. The average Bonchev–Trinajstić information content (AvgIpc) is 2.88. The first-order chi connectivity index (χ1) is 8.81. The van der Waals surface area contributed by atoms with Crippen LogP contribution in [0.3, 0.4) is 0 Å². The molecule has 0 saturated heterocycles. The number of nitrogens with two attached hydrogens (primary N) is 1. The van der Waals surface area contributed by atoms with Gasteiger partial charge in [-0.3, -0.25) is 9.78 Å². The molecule has 1 saturated carbocycles. The summed E-state index contributed by atoms with van der Waals surface area (Å²) >= 11 is 0. The van der Waals surface area contributed by atoms with E-state index < -0.39 is 0 Å². The standard InChI is InChI=1S/C14H21N3O/c15-9-12-4-1-5-13(12)14(18)17-8-6-11-3-2-7-16-10-11/h2-3,7,10,12-13H,1,4-6,8-9,15H2,(H,17,18). The molecule has 0 spiro atoms. The number of carbonyl (C=O) groups is 1. The summed E-state index contributed by atoms with van der Waals surface area (Å²) in [5.74, 6) is 0.680. The molecule has 3 N–H and O–H groups in total. The molecule has 4 heteroatoms. The summed E-state index contributed by atoms with van der Waals surface area (Å²) in [5, 5.41) is 3.02. The summed E-state index contributed by atoms with van der Waals surface area (Å²) in [7, 11) is 0. The van der Waals surface area contributed by atoms with Crippen molar-refractivity contribution in [3.8, 4) is 0 Å². The SMILES string of the molecule is NCC1CCCC1C(=O)NCCc1cccnc1. The molecule has 98 valence electrons. The van der Waals surface area contributed by atoms with E-state index in [0.29, 0.717) is 19.0 Å². The van der Waals surface area contributed by atoms with Gasteiger partial charge in [-0.2, -0.15) is 0 Å². The van der Waals surface area contributed by atoms with Crippen molar-refractivity contribution in [3.05, 3.63) is 30.1 Å². The van der Waals surface area contributed by atoms with Crippen LogP contribution in [0.1, 0.15) is 24.8 Å². The maximum Gasteiger partial charge on any atom is 0.223 e. The van der Waals surface area contributed by atoms with Crippen LogP contribution in [-0.4, -0.2) is 24.0 Å². The summed E-state index contributed by atoms with van der Waals surface area (Å²) in [6, 6.07) is 3.94. The molecule has 1 aromatic rings. The van der Waals surface area contributed by atoms with E-state index in [1.807, 2.05) is 18.3 Å². The van der Waals surface area contributed by atoms with Crippen LogP contribution >= 0.6 is 0 Å². The van der Waals surface area contributed by atoms with Gasteiger partial charge in [0, 0.05) is 24.9 Å². The number of amides is 1. The molecule has 2 atom stereocenters. The molecular weight excluding hydrogens is 226 g/mol. The third-order valence-electron chi connectivity index (χ3n) is 3.73. The summed E-state index contributed by atoms with van der Waals surface area (Å²) < 4.78 is 0. The van der Waals surface area contributed by atoms with Crippen LogP contribution in [-0.2, 0) is 11.2 Å². The summed E-state index contributed by atoms with van der Waals surface area (Å²) in [6.45, 7) is 1.30. The fraction of sp³-hybridized carbons (Fsp3) is 0.571. The number of nitrogens with zero attached hydrogens (tertiary/aromatic N) is 1. The minimum Gasteiger partial charge on any atom is -0.356 e. The number of rotatable bonds is 5. The number of aromatic nitrogens is 1. The molecule has 1 aliphatic rings. The van der Waals surface area contributed by atoms with Gasteiger partial charge in [-0.25, -0.2) is 0 Å². The lowest BCUT2D eigenvalue weighted by atomic mass is 9.95. The third kappa shape index (κ3) is 3.29. The van der Waals surface area contributed by atoms with Gasteiger partial charge in [-0.15, -0.1) is 0 Å². The van der Waals surface area contributed by atoms with E-state index in [1.54, 1.807) is 6.20 Å². The van der Waals surface area contributed by atoms with E-state index in [1.165, 1.54) is 0 Å². The zero-order chi connectivity index (χ0) is 12.8. The fourth-order valence-corrected chi connectivity index (χ4v) is 2.67. The molecule has 0 aliphatic heterocycles. The first-order valence-corrected chi connectivity index (χ1v) is 6.68. The minimum absolute atomic E-state index is 0.129. The van der Waals surface area contributed by atoms with Gasteiger partial charge in [0.05, 0.1) is 0 Å². The van der Waals surface area contributed by atoms with E-state index in [9.17, 15) is 4.79 Å². The fourth-order valence-electron chi connectivity index (χ4n) is 2.67. The smallest absolute Gasteiger partial charge is 0.223 e. The van der Waals surface area contributed by atoms with E-state index in [0.717, 1.165) is 31.2 Å². The summed E-state index contributed by atoms with van der Waals surface area (Å²) in [6.07, 6.45) is 7.64. The van der Waals surface area contributed by atoms with Gasteiger partial charge < -0.3 is 11.1 Å². The molecule has 2 unspecified atom stereocenters. The maximum absolute atomic E-state index is 12.0. The van der Waals surface area contributed by atoms with Crippen molar-refractivity contribution in [1.82, 2.24) is 10.3 Å². The molecule has 1 amide bonds. The van der Waals surface area contributed by atoms with Crippen LogP contribution in [0.25, 0.3) is 0 Å². The minimum atomic E-state index is 0.129. The van der Waals surface area contributed by atoms with Crippen LogP contribution in [0.5, 0.6) is 0 Å². The first kappa shape index (κ1) is 13.0. The number of hydrogen-bond donors (Lipinski definition) is 2. The van der Waals surface area contributed by atoms with Gasteiger partial charge in [0.1, 0.15) is 0 Å².